The minimum Gasteiger partial charge on any atom is -0.496 e. The number of aromatic amines is 1. The Balaban J connectivity index is 1.62. The Bertz CT molecular complexity index is 1160. The van der Waals surface area contributed by atoms with Crippen molar-refractivity contribution in [3.63, 3.8) is 0 Å². The van der Waals surface area contributed by atoms with Crippen molar-refractivity contribution >= 4 is 11.2 Å². The molecule has 0 saturated carbocycles. The first-order valence-electron chi connectivity index (χ1n) is 9.81. The molecule has 6 heteroatoms. The van der Waals surface area contributed by atoms with Crippen LogP contribution in [0.2, 0.25) is 0 Å². The van der Waals surface area contributed by atoms with Crippen molar-refractivity contribution < 1.29 is 4.74 Å². The van der Waals surface area contributed by atoms with Crippen molar-refractivity contribution in [1.82, 2.24) is 19.5 Å². The number of hydrogen-bond acceptors (Lipinski definition) is 4. The van der Waals surface area contributed by atoms with Crippen LogP contribution in [0, 0.1) is 0 Å². The summed E-state index contributed by atoms with van der Waals surface area (Å²) in [7, 11) is 1.61. The molecule has 0 aliphatic heterocycles. The van der Waals surface area contributed by atoms with E-state index in [-0.39, 0.29) is 11.6 Å². The molecule has 1 atom stereocenters. The lowest BCUT2D eigenvalue weighted by Crippen LogP contribution is -2.12. The van der Waals surface area contributed by atoms with Gasteiger partial charge in [-0.05, 0) is 43.9 Å². The van der Waals surface area contributed by atoms with Crippen LogP contribution in [0.5, 0.6) is 5.75 Å². The van der Waals surface area contributed by atoms with E-state index in [4.69, 9.17) is 9.72 Å². The number of benzene rings is 2. The lowest BCUT2D eigenvalue weighted by atomic mass is 10.1. The van der Waals surface area contributed by atoms with Crippen LogP contribution in [-0.2, 0) is 6.42 Å². The minimum atomic E-state index is -0.244. The summed E-state index contributed by atoms with van der Waals surface area (Å²) in [5.41, 5.74) is 2.80. The van der Waals surface area contributed by atoms with E-state index in [9.17, 15) is 4.79 Å². The quantitative estimate of drug-likeness (QED) is 0.510. The van der Waals surface area contributed by atoms with Crippen LogP contribution in [0.15, 0.2) is 65.7 Å². The molecule has 0 spiro atoms. The van der Waals surface area contributed by atoms with Crippen LogP contribution in [0.25, 0.3) is 22.6 Å². The van der Waals surface area contributed by atoms with Gasteiger partial charge in [0.2, 0.25) is 0 Å². The number of H-pyrrole nitrogens is 1. The fourth-order valence-electron chi connectivity index (χ4n) is 3.60. The van der Waals surface area contributed by atoms with Crippen molar-refractivity contribution in [1.29, 1.82) is 0 Å². The molecule has 2 heterocycles. The first-order valence-corrected chi connectivity index (χ1v) is 9.81. The van der Waals surface area contributed by atoms with Crippen molar-refractivity contribution in [2.75, 3.05) is 7.11 Å². The van der Waals surface area contributed by atoms with E-state index in [2.05, 4.69) is 41.2 Å². The van der Waals surface area contributed by atoms with Crippen LogP contribution in [0.4, 0.5) is 0 Å². The van der Waals surface area contributed by atoms with Gasteiger partial charge in [0.1, 0.15) is 11.6 Å². The van der Waals surface area contributed by atoms with Crippen LogP contribution < -0.4 is 10.3 Å². The number of fused-ring (bicyclic) bond motifs is 1. The Kier molecular flexibility index (Phi) is 5.42. The Morgan fingerprint density at radius 3 is 2.66 bits per heavy atom. The summed E-state index contributed by atoms with van der Waals surface area (Å²) in [5, 5.41) is 0. The second-order valence-corrected chi connectivity index (χ2v) is 7.17. The van der Waals surface area contributed by atoms with Gasteiger partial charge in [-0.3, -0.25) is 4.79 Å². The van der Waals surface area contributed by atoms with Crippen LogP contribution >= 0.6 is 0 Å². The van der Waals surface area contributed by atoms with E-state index in [1.54, 1.807) is 13.4 Å². The molecule has 148 valence electrons. The van der Waals surface area contributed by atoms with E-state index in [1.165, 1.54) is 5.56 Å². The maximum absolute atomic E-state index is 12.6. The number of aryl methyl sites for hydroxylation is 1. The van der Waals surface area contributed by atoms with Gasteiger partial charge in [-0.1, -0.05) is 42.5 Å². The summed E-state index contributed by atoms with van der Waals surface area (Å²) in [6.07, 6.45) is 4.76. The standard InChI is InChI=1S/C23H24N4O2/c1-16(9-8-12-17-10-4-3-5-11-17)27-15-24-20-22(27)25-21(26-23(20)28)18-13-6-7-14-19(18)29-2/h3-7,10-11,13-16H,8-9,12H2,1-2H3,(H,25,26,28). The lowest BCUT2D eigenvalue weighted by molar-refractivity contribution is 0.416. The Morgan fingerprint density at radius 2 is 1.86 bits per heavy atom. The molecule has 1 N–H and O–H groups in total. The maximum Gasteiger partial charge on any atom is 0.279 e. The number of aromatic nitrogens is 4. The van der Waals surface area contributed by atoms with E-state index in [1.807, 2.05) is 34.9 Å². The smallest absolute Gasteiger partial charge is 0.279 e. The first-order chi connectivity index (χ1) is 14.2. The van der Waals surface area contributed by atoms with Gasteiger partial charge in [-0.15, -0.1) is 0 Å². The molecule has 4 aromatic rings. The molecule has 0 radical (unpaired) electrons. The van der Waals surface area contributed by atoms with E-state index in [0.29, 0.717) is 22.7 Å². The number of para-hydroxylation sites is 1. The molecule has 2 aromatic heterocycles. The third-order valence-electron chi connectivity index (χ3n) is 5.20. The second-order valence-electron chi connectivity index (χ2n) is 7.17. The Hall–Kier alpha value is -3.41. The molecule has 6 nitrogen and oxygen atoms in total. The highest BCUT2D eigenvalue weighted by molar-refractivity contribution is 5.74. The lowest BCUT2D eigenvalue weighted by Gasteiger charge is -2.14. The van der Waals surface area contributed by atoms with Crippen molar-refractivity contribution in [3.8, 4) is 17.1 Å². The zero-order chi connectivity index (χ0) is 20.2. The van der Waals surface area contributed by atoms with Crippen LogP contribution in [0.1, 0.15) is 31.4 Å². The predicted molar refractivity (Wildman–Crippen MR) is 114 cm³/mol. The number of methoxy groups -OCH3 is 1. The van der Waals surface area contributed by atoms with Gasteiger partial charge in [0.15, 0.2) is 11.2 Å². The molecule has 0 saturated heterocycles. The number of nitrogens with one attached hydrogen (secondary N) is 1. The van der Waals surface area contributed by atoms with Gasteiger partial charge >= 0.3 is 0 Å². The monoisotopic (exact) mass is 388 g/mol. The Labute approximate surface area is 169 Å². The number of nitrogens with zero attached hydrogens (tertiary/aromatic N) is 3. The summed E-state index contributed by atoms with van der Waals surface area (Å²) >= 11 is 0. The zero-order valence-corrected chi connectivity index (χ0v) is 16.6. The summed E-state index contributed by atoms with van der Waals surface area (Å²) in [5.74, 6) is 1.15. The van der Waals surface area contributed by atoms with Gasteiger partial charge in [0.05, 0.1) is 19.0 Å². The third-order valence-corrected chi connectivity index (χ3v) is 5.20. The normalized spacial score (nSPS) is 12.2. The topological polar surface area (TPSA) is 72.8 Å². The van der Waals surface area contributed by atoms with Crippen molar-refractivity contribution in [2.24, 2.45) is 0 Å². The third kappa shape index (κ3) is 3.92. The zero-order valence-electron chi connectivity index (χ0n) is 16.6. The molecule has 0 amide bonds. The first kappa shape index (κ1) is 18.9. The largest absolute Gasteiger partial charge is 0.496 e. The van der Waals surface area contributed by atoms with Gasteiger partial charge in [0, 0.05) is 6.04 Å². The summed E-state index contributed by atoms with van der Waals surface area (Å²) in [6.45, 7) is 2.14. The van der Waals surface area contributed by atoms with E-state index >= 15 is 0 Å². The molecule has 2 aromatic carbocycles. The van der Waals surface area contributed by atoms with Gasteiger partial charge in [-0.2, -0.15) is 0 Å². The number of imidazole rings is 1. The molecule has 0 aliphatic rings. The van der Waals surface area contributed by atoms with Gasteiger partial charge in [0.25, 0.3) is 5.56 Å². The van der Waals surface area contributed by atoms with Crippen molar-refractivity contribution in [3.05, 3.63) is 76.8 Å². The highest BCUT2D eigenvalue weighted by atomic mass is 16.5. The van der Waals surface area contributed by atoms with E-state index in [0.717, 1.165) is 24.8 Å². The SMILES string of the molecule is COc1ccccc1-c1nc2c(ncn2C(C)CCCc2ccccc2)c(=O)[nH]1. The van der Waals surface area contributed by atoms with Gasteiger partial charge in [-0.25, -0.2) is 9.97 Å². The fourth-order valence-corrected chi connectivity index (χ4v) is 3.60. The number of ether oxygens (including phenoxy) is 1. The molecule has 29 heavy (non-hydrogen) atoms. The molecular weight excluding hydrogens is 364 g/mol. The predicted octanol–water partition coefficient (Wildman–Crippen LogP) is 4.38. The summed E-state index contributed by atoms with van der Waals surface area (Å²) in [4.78, 5) is 24.5. The van der Waals surface area contributed by atoms with Gasteiger partial charge < -0.3 is 14.3 Å². The number of hydrogen-bond donors (Lipinski definition) is 1. The average molecular weight is 388 g/mol. The van der Waals surface area contributed by atoms with E-state index < -0.39 is 0 Å². The van der Waals surface area contributed by atoms with Crippen LogP contribution in [0.3, 0.4) is 0 Å². The molecule has 0 aliphatic carbocycles. The van der Waals surface area contributed by atoms with Crippen molar-refractivity contribution in [2.45, 2.75) is 32.2 Å². The number of rotatable bonds is 7. The molecular formula is C23H24N4O2. The minimum absolute atomic E-state index is 0.184. The Morgan fingerprint density at radius 1 is 1.10 bits per heavy atom. The maximum atomic E-state index is 12.6. The summed E-state index contributed by atoms with van der Waals surface area (Å²) in [6, 6.07) is 18.2. The highest BCUT2D eigenvalue weighted by Crippen LogP contribution is 2.27. The summed E-state index contributed by atoms with van der Waals surface area (Å²) < 4.78 is 7.42. The second kappa shape index (κ2) is 8.31. The average Bonchev–Trinajstić information content (AvgIpc) is 3.19. The molecule has 0 fully saturated rings. The molecule has 4 rings (SSSR count). The highest BCUT2D eigenvalue weighted by Gasteiger charge is 2.16. The molecule has 0 bridgehead atoms. The molecule has 1 unspecified atom stereocenters. The fraction of sp³-hybridized carbons (Fsp3) is 0.261. The van der Waals surface area contributed by atoms with Crippen LogP contribution in [-0.4, -0.2) is 26.6 Å².